The number of hydrogen-bond donors (Lipinski definition) is 2. The molecule has 13 heavy (non-hydrogen) atoms. The van der Waals surface area contributed by atoms with Crippen LogP contribution in [0.1, 0.15) is 24.6 Å². The Bertz CT molecular complexity index is 281. The van der Waals surface area contributed by atoms with Crippen molar-refractivity contribution in [3.8, 4) is 0 Å². The van der Waals surface area contributed by atoms with Gasteiger partial charge in [0.25, 0.3) is 0 Å². The molecule has 3 aliphatic carbocycles. The van der Waals surface area contributed by atoms with Crippen LogP contribution in [0, 0.1) is 5.92 Å². The van der Waals surface area contributed by atoms with Gasteiger partial charge in [-0.1, -0.05) is 0 Å². The molecule has 0 spiro atoms. The van der Waals surface area contributed by atoms with E-state index in [1.165, 1.54) is 12.8 Å². The van der Waals surface area contributed by atoms with E-state index in [4.69, 9.17) is 5.73 Å². The maximum Gasteiger partial charge on any atom is 0.137 e. The molecule has 3 N–H and O–H groups in total. The number of nitrogens with zero attached hydrogens (tertiary/aromatic N) is 2. The first kappa shape index (κ1) is 10.8. The zero-order chi connectivity index (χ0) is 7.47. The normalized spacial score (nSPS) is 39.2. The van der Waals surface area contributed by atoms with Gasteiger partial charge in [-0.05, 0) is 18.8 Å². The lowest BCUT2D eigenvalue weighted by Gasteiger charge is -2.65. The summed E-state index contributed by atoms with van der Waals surface area (Å²) in [6, 6.07) is 0. The molecule has 1 heterocycles. The zero-order valence-electron chi connectivity index (χ0n) is 6.93. The predicted octanol–water partition coefficient (Wildman–Crippen LogP) is 0.853. The van der Waals surface area contributed by atoms with Gasteiger partial charge in [0.1, 0.15) is 12.2 Å². The van der Waals surface area contributed by atoms with Crippen LogP contribution in [-0.4, -0.2) is 20.7 Å². The second kappa shape index (κ2) is 3.12. The Morgan fingerprint density at radius 2 is 2.15 bits per heavy atom. The molecular formula is C7H12Cl2N4. The summed E-state index contributed by atoms with van der Waals surface area (Å²) in [5.74, 6) is 2.24. The maximum atomic E-state index is 6.04. The molecule has 3 fully saturated rings. The van der Waals surface area contributed by atoms with Crippen LogP contribution >= 0.6 is 24.8 Å². The number of nitrogens with one attached hydrogen (secondary N) is 1. The monoisotopic (exact) mass is 222 g/mol. The van der Waals surface area contributed by atoms with Crippen LogP contribution in [-0.2, 0) is 0 Å². The predicted molar refractivity (Wildman–Crippen MR) is 53.3 cm³/mol. The van der Waals surface area contributed by atoms with E-state index >= 15 is 0 Å². The van der Waals surface area contributed by atoms with E-state index in [9.17, 15) is 0 Å². The molecular weight excluding hydrogens is 211 g/mol. The molecule has 1 aromatic rings. The van der Waals surface area contributed by atoms with Crippen molar-refractivity contribution < 1.29 is 0 Å². The third-order valence-corrected chi connectivity index (χ3v) is 3.10. The number of halogens is 2. The van der Waals surface area contributed by atoms with Gasteiger partial charge < -0.3 is 5.73 Å². The fourth-order valence-corrected chi connectivity index (χ4v) is 2.41. The van der Waals surface area contributed by atoms with Crippen molar-refractivity contribution in [3.05, 3.63) is 12.2 Å². The zero-order valence-corrected chi connectivity index (χ0v) is 8.57. The van der Waals surface area contributed by atoms with Crippen LogP contribution in [0.3, 0.4) is 0 Å². The molecule has 1 atom stereocenters. The third-order valence-electron chi connectivity index (χ3n) is 3.10. The van der Waals surface area contributed by atoms with E-state index < -0.39 is 0 Å². The number of aromatic nitrogens is 3. The number of aromatic amines is 1. The molecule has 74 valence electrons. The lowest BCUT2D eigenvalue weighted by Crippen LogP contribution is -2.71. The summed E-state index contributed by atoms with van der Waals surface area (Å²) < 4.78 is 0. The van der Waals surface area contributed by atoms with E-state index in [1.54, 1.807) is 6.33 Å². The topological polar surface area (TPSA) is 67.6 Å². The van der Waals surface area contributed by atoms with Gasteiger partial charge in [0.15, 0.2) is 0 Å². The number of nitrogens with two attached hydrogens (primary N) is 1. The van der Waals surface area contributed by atoms with E-state index in [2.05, 4.69) is 15.2 Å². The van der Waals surface area contributed by atoms with Crippen molar-refractivity contribution in [1.82, 2.24) is 15.2 Å². The van der Waals surface area contributed by atoms with Crippen LogP contribution < -0.4 is 5.73 Å². The van der Waals surface area contributed by atoms with Gasteiger partial charge in [-0.3, -0.25) is 5.10 Å². The molecule has 0 aromatic carbocycles. The van der Waals surface area contributed by atoms with Gasteiger partial charge in [-0.2, -0.15) is 5.10 Å². The van der Waals surface area contributed by atoms with Gasteiger partial charge in [0, 0.05) is 11.5 Å². The fraction of sp³-hybridized carbons (Fsp3) is 0.714. The SMILES string of the molecule is Cl.Cl.NC12CC(C1)C2c1ncn[nH]1. The second-order valence-electron chi connectivity index (χ2n) is 3.75. The molecule has 1 aromatic heterocycles. The lowest BCUT2D eigenvalue weighted by atomic mass is 9.42. The number of hydrogen-bond acceptors (Lipinski definition) is 3. The van der Waals surface area contributed by atoms with Crippen molar-refractivity contribution in [2.45, 2.75) is 24.3 Å². The van der Waals surface area contributed by atoms with Crippen molar-refractivity contribution >= 4 is 24.8 Å². The summed E-state index contributed by atoms with van der Waals surface area (Å²) in [7, 11) is 0. The molecule has 1 unspecified atom stereocenters. The molecule has 4 nitrogen and oxygen atoms in total. The standard InChI is InChI=1S/C7H10N4.2ClH/c8-7-1-4(2-7)5(7)6-9-3-10-11-6;;/h3-5H,1-2,8H2,(H,9,10,11);2*1H. The molecule has 3 aliphatic rings. The van der Waals surface area contributed by atoms with E-state index in [0.717, 1.165) is 11.7 Å². The smallest absolute Gasteiger partial charge is 0.137 e. The van der Waals surface area contributed by atoms with Crippen LogP contribution in [0.2, 0.25) is 0 Å². The van der Waals surface area contributed by atoms with Crippen LogP contribution in [0.4, 0.5) is 0 Å². The Balaban J connectivity index is 0.000000422. The molecule has 4 rings (SSSR count). The second-order valence-corrected chi connectivity index (χ2v) is 3.75. The van der Waals surface area contributed by atoms with Crippen molar-refractivity contribution in [2.75, 3.05) is 0 Å². The van der Waals surface area contributed by atoms with Crippen LogP contribution in [0.15, 0.2) is 6.33 Å². The van der Waals surface area contributed by atoms with Crippen molar-refractivity contribution in [1.29, 1.82) is 0 Å². The third kappa shape index (κ3) is 1.16. The van der Waals surface area contributed by atoms with Gasteiger partial charge in [-0.15, -0.1) is 24.8 Å². The highest BCUT2D eigenvalue weighted by Crippen LogP contribution is 2.64. The summed E-state index contributed by atoms with van der Waals surface area (Å²) in [6.45, 7) is 0. The minimum atomic E-state index is 0. The Morgan fingerprint density at radius 3 is 2.46 bits per heavy atom. The van der Waals surface area contributed by atoms with Crippen molar-refractivity contribution in [3.63, 3.8) is 0 Å². The average Bonchev–Trinajstić information content (AvgIpc) is 2.34. The highest BCUT2D eigenvalue weighted by molar-refractivity contribution is 5.85. The highest BCUT2D eigenvalue weighted by atomic mass is 35.5. The molecule has 0 radical (unpaired) electrons. The summed E-state index contributed by atoms with van der Waals surface area (Å²) >= 11 is 0. The minimum Gasteiger partial charge on any atom is -0.324 e. The first-order chi connectivity index (χ1) is 5.30. The Morgan fingerprint density at radius 1 is 1.46 bits per heavy atom. The van der Waals surface area contributed by atoms with E-state index in [0.29, 0.717) is 5.92 Å². The van der Waals surface area contributed by atoms with Gasteiger partial charge in [0.05, 0.1) is 0 Å². The van der Waals surface area contributed by atoms with Crippen molar-refractivity contribution in [2.24, 2.45) is 11.7 Å². The molecule has 6 heteroatoms. The molecule has 2 bridgehead atoms. The summed E-state index contributed by atoms with van der Waals surface area (Å²) in [5.41, 5.74) is 6.11. The van der Waals surface area contributed by atoms with Crippen LogP contribution in [0.25, 0.3) is 0 Å². The number of H-pyrrole nitrogens is 1. The molecule has 0 aliphatic heterocycles. The highest BCUT2D eigenvalue weighted by Gasteiger charge is 2.64. The Kier molecular flexibility index (Phi) is 2.58. The summed E-state index contributed by atoms with van der Waals surface area (Å²) in [4.78, 5) is 4.12. The first-order valence-corrected chi connectivity index (χ1v) is 3.94. The fourth-order valence-electron chi connectivity index (χ4n) is 2.41. The Hall–Kier alpha value is -0.320. The molecule has 3 saturated carbocycles. The number of rotatable bonds is 1. The molecule has 0 amide bonds. The van der Waals surface area contributed by atoms with Gasteiger partial charge in [0.2, 0.25) is 0 Å². The molecule has 0 saturated heterocycles. The van der Waals surface area contributed by atoms with Crippen LogP contribution in [0.5, 0.6) is 0 Å². The summed E-state index contributed by atoms with van der Waals surface area (Å²) in [5, 5.41) is 6.70. The lowest BCUT2D eigenvalue weighted by molar-refractivity contribution is -0.0607. The summed E-state index contributed by atoms with van der Waals surface area (Å²) in [6.07, 6.45) is 3.91. The maximum absolute atomic E-state index is 6.04. The minimum absolute atomic E-state index is 0. The largest absolute Gasteiger partial charge is 0.324 e. The van der Waals surface area contributed by atoms with E-state index in [1.807, 2.05) is 0 Å². The van der Waals surface area contributed by atoms with Gasteiger partial charge in [-0.25, -0.2) is 4.98 Å². The quantitative estimate of drug-likeness (QED) is 0.741. The average molecular weight is 223 g/mol. The Labute approximate surface area is 88.5 Å². The van der Waals surface area contributed by atoms with E-state index in [-0.39, 0.29) is 30.4 Å². The first-order valence-electron chi connectivity index (χ1n) is 3.94. The van der Waals surface area contributed by atoms with Gasteiger partial charge >= 0.3 is 0 Å².